The van der Waals surface area contributed by atoms with Crippen molar-refractivity contribution in [2.75, 3.05) is 13.2 Å². The Kier molecular flexibility index (Phi) is 8.78. The molecule has 162 valence electrons. The van der Waals surface area contributed by atoms with Crippen molar-refractivity contribution >= 4 is 23.9 Å². The molecule has 2 amide bonds. The Morgan fingerprint density at radius 1 is 0.968 bits per heavy atom. The average Bonchev–Trinajstić information content (AvgIpc) is 2.79. The Morgan fingerprint density at radius 3 is 2.23 bits per heavy atom. The summed E-state index contributed by atoms with van der Waals surface area (Å²) in [5.74, 6) is -2.45. The van der Waals surface area contributed by atoms with Crippen LogP contribution in [0.15, 0.2) is 67.3 Å². The fourth-order valence-electron chi connectivity index (χ4n) is 2.40. The van der Waals surface area contributed by atoms with Crippen molar-refractivity contribution in [1.29, 1.82) is 0 Å². The maximum absolute atomic E-state index is 12.3. The van der Waals surface area contributed by atoms with Gasteiger partial charge in [-0.3, -0.25) is 4.79 Å². The van der Waals surface area contributed by atoms with E-state index in [1.165, 1.54) is 30.3 Å². The molecule has 0 saturated carbocycles. The van der Waals surface area contributed by atoms with Crippen LogP contribution in [0.1, 0.15) is 26.3 Å². The Balaban J connectivity index is 1.95. The smallest absolute Gasteiger partial charge is 0.408 e. The number of esters is 1. The highest BCUT2D eigenvalue weighted by atomic mass is 16.6. The highest BCUT2D eigenvalue weighted by Crippen LogP contribution is 2.05. The van der Waals surface area contributed by atoms with Gasteiger partial charge in [-0.05, 0) is 29.8 Å². The summed E-state index contributed by atoms with van der Waals surface area (Å²) in [5.41, 5.74) is 0.988. The van der Waals surface area contributed by atoms with Crippen molar-refractivity contribution in [1.82, 2.24) is 10.6 Å². The third-order valence-corrected chi connectivity index (χ3v) is 3.99. The van der Waals surface area contributed by atoms with Crippen LogP contribution < -0.4 is 10.6 Å². The van der Waals surface area contributed by atoms with E-state index < -0.39 is 30.0 Å². The lowest BCUT2D eigenvalue weighted by molar-refractivity contribution is -0.144. The topological polar surface area (TPSA) is 131 Å². The molecule has 2 rings (SSSR count). The van der Waals surface area contributed by atoms with Crippen LogP contribution in [0.5, 0.6) is 0 Å². The number of amides is 2. The van der Waals surface area contributed by atoms with Crippen LogP contribution in [0.2, 0.25) is 0 Å². The number of carbonyl (C=O) groups excluding carboxylic acids is 3. The summed E-state index contributed by atoms with van der Waals surface area (Å²) in [5, 5.41) is 13.8. The van der Waals surface area contributed by atoms with E-state index in [9.17, 15) is 19.2 Å². The van der Waals surface area contributed by atoms with Gasteiger partial charge in [-0.25, -0.2) is 14.4 Å². The molecule has 9 nitrogen and oxygen atoms in total. The molecule has 0 heterocycles. The van der Waals surface area contributed by atoms with Crippen LogP contribution >= 0.6 is 0 Å². The molecule has 0 aliphatic heterocycles. The Bertz CT molecular complexity index is 927. The Morgan fingerprint density at radius 2 is 1.61 bits per heavy atom. The van der Waals surface area contributed by atoms with E-state index in [-0.39, 0.29) is 30.9 Å². The molecule has 0 saturated heterocycles. The second-order valence-electron chi connectivity index (χ2n) is 6.27. The molecule has 0 spiro atoms. The largest absolute Gasteiger partial charge is 0.478 e. The molecular formula is C22H22N2O7. The zero-order chi connectivity index (χ0) is 22.6. The van der Waals surface area contributed by atoms with Crippen molar-refractivity contribution in [2.24, 2.45) is 0 Å². The first-order valence-electron chi connectivity index (χ1n) is 9.27. The van der Waals surface area contributed by atoms with Gasteiger partial charge < -0.3 is 25.2 Å². The van der Waals surface area contributed by atoms with Crippen LogP contribution in [0.25, 0.3) is 0 Å². The van der Waals surface area contributed by atoms with Crippen molar-refractivity contribution in [3.05, 3.63) is 83.9 Å². The molecule has 0 fully saturated rings. The molecule has 0 aromatic heterocycles. The van der Waals surface area contributed by atoms with Gasteiger partial charge in [0.05, 0.1) is 5.56 Å². The SMILES string of the molecule is C=CCOC(=O)C(CNC(=O)c1ccc(C(=O)O)cc1)NC(=O)OCc1ccccc1. The van der Waals surface area contributed by atoms with Crippen LogP contribution in [0.3, 0.4) is 0 Å². The van der Waals surface area contributed by atoms with E-state index in [1.807, 2.05) is 6.07 Å². The van der Waals surface area contributed by atoms with Gasteiger partial charge >= 0.3 is 18.0 Å². The van der Waals surface area contributed by atoms with Crippen LogP contribution in [-0.2, 0) is 20.9 Å². The van der Waals surface area contributed by atoms with Gasteiger partial charge in [0.25, 0.3) is 5.91 Å². The first-order chi connectivity index (χ1) is 14.9. The summed E-state index contributed by atoms with van der Waals surface area (Å²) in [6.45, 7) is 3.12. The summed E-state index contributed by atoms with van der Waals surface area (Å²) in [4.78, 5) is 47.5. The number of carboxylic acid groups (broad SMARTS) is 1. The maximum Gasteiger partial charge on any atom is 0.408 e. The number of alkyl carbamates (subject to hydrolysis) is 1. The molecule has 0 bridgehead atoms. The van der Waals surface area contributed by atoms with Gasteiger partial charge in [0.2, 0.25) is 0 Å². The monoisotopic (exact) mass is 426 g/mol. The molecule has 2 aromatic rings. The zero-order valence-corrected chi connectivity index (χ0v) is 16.6. The summed E-state index contributed by atoms with van der Waals surface area (Å²) in [6, 6.07) is 13.0. The Labute approximate surface area is 178 Å². The second-order valence-corrected chi connectivity index (χ2v) is 6.27. The van der Waals surface area contributed by atoms with Crippen molar-refractivity contribution in [3.63, 3.8) is 0 Å². The number of carboxylic acids is 1. The van der Waals surface area contributed by atoms with Gasteiger partial charge in [-0.1, -0.05) is 43.0 Å². The molecule has 0 aliphatic rings. The van der Waals surface area contributed by atoms with Crippen molar-refractivity contribution in [3.8, 4) is 0 Å². The Hall–Kier alpha value is -4.14. The second kappa shape index (κ2) is 11.8. The number of aromatic carboxylic acids is 1. The molecule has 1 unspecified atom stereocenters. The average molecular weight is 426 g/mol. The summed E-state index contributed by atoms with van der Waals surface area (Å²) >= 11 is 0. The molecule has 0 aliphatic carbocycles. The summed E-state index contributed by atoms with van der Waals surface area (Å²) in [6.07, 6.45) is 0.509. The van der Waals surface area contributed by atoms with E-state index in [4.69, 9.17) is 14.6 Å². The number of hydrogen-bond donors (Lipinski definition) is 3. The highest BCUT2D eigenvalue weighted by Gasteiger charge is 2.24. The predicted octanol–water partition coefficient (Wildman–Crippen LogP) is 2.14. The number of ether oxygens (including phenoxy) is 2. The van der Waals surface area contributed by atoms with E-state index in [0.29, 0.717) is 0 Å². The summed E-state index contributed by atoms with van der Waals surface area (Å²) < 4.78 is 10.0. The molecule has 2 aromatic carbocycles. The fourth-order valence-corrected chi connectivity index (χ4v) is 2.40. The zero-order valence-electron chi connectivity index (χ0n) is 16.6. The van der Waals surface area contributed by atoms with Crippen molar-refractivity contribution in [2.45, 2.75) is 12.6 Å². The predicted molar refractivity (Wildman–Crippen MR) is 110 cm³/mol. The van der Waals surface area contributed by atoms with E-state index in [1.54, 1.807) is 24.3 Å². The third kappa shape index (κ3) is 7.65. The molecular weight excluding hydrogens is 404 g/mol. The molecule has 9 heteroatoms. The quantitative estimate of drug-likeness (QED) is 0.392. The molecule has 3 N–H and O–H groups in total. The fraction of sp³-hybridized carbons (Fsp3) is 0.182. The number of nitrogens with one attached hydrogen (secondary N) is 2. The van der Waals surface area contributed by atoms with Gasteiger partial charge in [-0.2, -0.15) is 0 Å². The number of benzene rings is 2. The van der Waals surface area contributed by atoms with Crippen molar-refractivity contribution < 1.29 is 33.8 Å². The van der Waals surface area contributed by atoms with Crippen LogP contribution in [0, 0.1) is 0 Å². The van der Waals surface area contributed by atoms with Gasteiger partial charge in [0, 0.05) is 12.1 Å². The molecule has 1 atom stereocenters. The lowest BCUT2D eigenvalue weighted by Crippen LogP contribution is -2.49. The van der Waals surface area contributed by atoms with E-state index in [2.05, 4.69) is 17.2 Å². The van der Waals surface area contributed by atoms with Gasteiger partial charge in [-0.15, -0.1) is 0 Å². The summed E-state index contributed by atoms with van der Waals surface area (Å²) in [7, 11) is 0. The molecule has 31 heavy (non-hydrogen) atoms. The third-order valence-electron chi connectivity index (χ3n) is 3.99. The van der Waals surface area contributed by atoms with Gasteiger partial charge in [0.1, 0.15) is 19.3 Å². The van der Waals surface area contributed by atoms with Crippen LogP contribution in [0.4, 0.5) is 4.79 Å². The highest BCUT2D eigenvalue weighted by molar-refractivity contribution is 5.96. The number of hydrogen-bond acceptors (Lipinski definition) is 6. The minimum atomic E-state index is -1.20. The minimum Gasteiger partial charge on any atom is -0.478 e. The minimum absolute atomic E-state index is 0.00336. The lowest BCUT2D eigenvalue weighted by atomic mass is 10.1. The van der Waals surface area contributed by atoms with E-state index >= 15 is 0 Å². The first kappa shape index (κ1) is 23.1. The number of carbonyl (C=O) groups is 4. The van der Waals surface area contributed by atoms with E-state index in [0.717, 1.165) is 5.56 Å². The maximum atomic E-state index is 12.3. The van der Waals surface area contributed by atoms with Gasteiger partial charge in [0.15, 0.2) is 0 Å². The standard InChI is InChI=1S/C22H22N2O7/c1-2-12-30-21(28)18(24-22(29)31-14-15-6-4-3-5-7-15)13-23-19(25)16-8-10-17(11-9-16)20(26)27/h2-11,18H,1,12-14H2,(H,23,25)(H,24,29)(H,26,27). The lowest BCUT2D eigenvalue weighted by Gasteiger charge is -2.18. The molecule has 0 radical (unpaired) electrons. The normalized spacial score (nSPS) is 11.0. The first-order valence-corrected chi connectivity index (χ1v) is 9.27. The van der Waals surface area contributed by atoms with Crippen LogP contribution in [-0.4, -0.2) is 48.2 Å². The number of rotatable bonds is 10.